The van der Waals surface area contributed by atoms with E-state index in [1.54, 1.807) is 0 Å². The van der Waals surface area contributed by atoms with Crippen LogP contribution in [0.15, 0.2) is 11.8 Å². The highest BCUT2D eigenvalue weighted by atomic mass is 16.2. The summed E-state index contributed by atoms with van der Waals surface area (Å²) in [5.74, 6) is -2.16. The molecule has 0 N–H and O–H groups in total. The van der Waals surface area contributed by atoms with Gasteiger partial charge in [-0.1, -0.05) is 19.4 Å². The second-order valence-electron chi connectivity index (χ2n) is 4.04. The van der Waals surface area contributed by atoms with Crippen molar-refractivity contribution >= 4 is 23.6 Å². The fourth-order valence-corrected chi connectivity index (χ4v) is 1.71. The van der Waals surface area contributed by atoms with Crippen LogP contribution in [0.1, 0.15) is 33.6 Å². The fraction of sp³-hybridized carbons (Fsp3) is 0.500. The zero-order valence-electron chi connectivity index (χ0n) is 10.7. The first-order valence-electron chi connectivity index (χ1n) is 5.76. The Bertz CT molecular complexity index is 439. The Kier molecular flexibility index (Phi) is 4.36. The highest BCUT2D eigenvalue weighted by Gasteiger charge is 2.38. The third-order valence-corrected chi connectivity index (χ3v) is 2.57. The molecule has 0 radical (unpaired) electrons. The van der Waals surface area contributed by atoms with Crippen molar-refractivity contribution < 1.29 is 19.2 Å². The van der Waals surface area contributed by atoms with Crippen LogP contribution in [0.5, 0.6) is 0 Å². The van der Waals surface area contributed by atoms with Crippen molar-refractivity contribution in [2.24, 2.45) is 0 Å². The number of piperazine rings is 1. The van der Waals surface area contributed by atoms with Gasteiger partial charge in [-0.3, -0.25) is 24.1 Å². The number of imide groups is 2. The number of rotatable bonds is 2. The lowest BCUT2D eigenvalue weighted by molar-refractivity contribution is -0.157. The summed E-state index contributed by atoms with van der Waals surface area (Å²) in [6.07, 6.45) is 2.86. The lowest BCUT2D eigenvalue weighted by atomic mass is 10.1. The first-order chi connectivity index (χ1) is 8.40. The molecule has 6 nitrogen and oxygen atoms in total. The molecule has 0 bridgehead atoms. The maximum absolute atomic E-state index is 12.0. The van der Waals surface area contributed by atoms with Gasteiger partial charge in [0.2, 0.25) is 11.8 Å². The smallest absolute Gasteiger partial charge is 0.275 e. The second kappa shape index (κ2) is 5.57. The van der Waals surface area contributed by atoms with Crippen LogP contribution >= 0.6 is 0 Å². The lowest BCUT2D eigenvalue weighted by Gasteiger charge is -2.32. The van der Waals surface area contributed by atoms with E-state index in [1.165, 1.54) is 19.9 Å². The van der Waals surface area contributed by atoms with Crippen molar-refractivity contribution in [3.8, 4) is 0 Å². The Morgan fingerprint density at radius 2 is 1.83 bits per heavy atom. The molecule has 1 rings (SSSR count). The van der Waals surface area contributed by atoms with Crippen molar-refractivity contribution in [1.82, 2.24) is 9.80 Å². The molecular formula is C12H16N2O4. The minimum absolute atomic E-state index is 0.0178. The molecule has 0 aromatic rings. The van der Waals surface area contributed by atoms with E-state index in [9.17, 15) is 19.2 Å². The van der Waals surface area contributed by atoms with E-state index in [4.69, 9.17) is 0 Å². The topological polar surface area (TPSA) is 74.8 Å². The Balaban J connectivity index is 3.17. The molecule has 6 heteroatoms. The maximum Gasteiger partial charge on any atom is 0.277 e. The quantitative estimate of drug-likeness (QED) is 0.668. The van der Waals surface area contributed by atoms with E-state index in [-0.39, 0.29) is 12.2 Å². The van der Waals surface area contributed by atoms with Gasteiger partial charge in [-0.25, -0.2) is 4.90 Å². The molecule has 0 unspecified atom stereocenters. The second-order valence-corrected chi connectivity index (χ2v) is 4.04. The highest BCUT2D eigenvalue weighted by Crippen LogP contribution is 2.18. The van der Waals surface area contributed by atoms with Crippen molar-refractivity contribution in [2.75, 3.05) is 6.54 Å². The summed E-state index contributed by atoms with van der Waals surface area (Å²) >= 11 is 0. The van der Waals surface area contributed by atoms with Crippen molar-refractivity contribution in [2.45, 2.75) is 33.6 Å². The van der Waals surface area contributed by atoms with E-state index in [0.29, 0.717) is 6.42 Å². The molecule has 0 aromatic carbocycles. The summed E-state index contributed by atoms with van der Waals surface area (Å²) in [4.78, 5) is 48.2. The number of carbonyl (C=O) groups is 4. The summed E-state index contributed by atoms with van der Waals surface area (Å²) in [5.41, 5.74) is -0.0178. The Hall–Kier alpha value is -1.98. The van der Waals surface area contributed by atoms with E-state index < -0.39 is 23.6 Å². The Morgan fingerprint density at radius 1 is 1.22 bits per heavy atom. The fourth-order valence-electron chi connectivity index (χ4n) is 1.71. The van der Waals surface area contributed by atoms with E-state index in [1.807, 2.05) is 6.92 Å². The standard InChI is InChI=1S/C12H16N2O4/c1-4-5-6-10-12(18)13(8(2)15)7-11(17)14(10)9(3)16/h6H,4-5,7H2,1-3H3/b10-6+. The van der Waals surface area contributed by atoms with E-state index in [2.05, 4.69) is 0 Å². The summed E-state index contributed by atoms with van der Waals surface area (Å²) < 4.78 is 0. The SMILES string of the molecule is CCC/C=C1\C(=O)N(C(C)=O)CC(=O)N1C(C)=O. The van der Waals surface area contributed by atoms with E-state index >= 15 is 0 Å². The summed E-state index contributed by atoms with van der Waals surface area (Å²) in [6, 6.07) is 0. The van der Waals surface area contributed by atoms with Gasteiger partial charge in [0.15, 0.2) is 0 Å². The number of amides is 4. The Labute approximate surface area is 105 Å². The molecule has 1 aliphatic heterocycles. The molecule has 1 heterocycles. The van der Waals surface area contributed by atoms with Gasteiger partial charge >= 0.3 is 0 Å². The van der Waals surface area contributed by atoms with Crippen LogP contribution in [0.4, 0.5) is 0 Å². The molecule has 0 aliphatic carbocycles. The first kappa shape index (κ1) is 14.1. The predicted molar refractivity (Wildman–Crippen MR) is 62.9 cm³/mol. The molecule has 98 valence electrons. The van der Waals surface area contributed by atoms with Gasteiger partial charge in [0.05, 0.1) is 0 Å². The third-order valence-electron chi connectivity index (χ3n) is 2.57. The molecule has 4 amide bonds. The summed E-state index contributed by atoms with van der Waals surface area (Å²) in [5, 5.41) is 0. The van der Waals surface area contributed by atoms with Crippen LogP contribution in [-0.2, 0) is 19.2 Å². The van der Waals surface area contributed by atoms with Gasteiger partial charge in [0, 0.05) is 13.8 Å². The molecule has 0 atom stereocenters. The van der Waals surface area contributed by atoms with E-state index in [0.717, 1.165) is 16.2 Å². The summed E-state index contributed by atoms with van der Waals surface area (Å²) in [6.45, 7) is 3.96. The van der Waals surface area contributed by atoms with Crippen LogP contribution in [0.3, 0.4) is 0 Å². The zero-order valence-corrected chi connectivity index (χ0v) is 10.7. The molecule has 1 fully saturated rings. The Morgan fingerprint density at radius 3 is 2.28 bits per heavy atom. The van der Waals surface area contributed by atoms with Gasteiger partial charge in [-0.15, -0.1) is 0 Å². The van der Waals surface area contributed by atoms with Gasteiger partial charge in [0.1, 0.15) is 12.2 Å². The molecule has 1 saturated heterocycles. The third kappa shape index (κ3) is 2.64. The summed E-state index contributed by atoms with van der Waals surface area (Å²) in [7, 11) is 0. The normalized spacial score (nSPS) is 18.5. The molecular weight excluding hydrogens is 236 g/mol. The number of unbranched alkanes of at least 4 members (excludes halogenated alkanes) is 1. The lowest BCUT2D eigenvalue weighted by Crippen LogP contribution is -2.54. The van der Waals surface area contributed by atoms with Gasteiger partial charge in [-0.05, 0) is 6.42 Å². The number of hydrogen-bond acceptors (Lipinski definition) is 4. The van der Waals surface area contributed by atoms with Crippen molar-refractivity contribution in [3.63, 3.8) is 0 Å². The number of nitrogens with zero attached hydrogens (tertiary/aromatic N) is 2. The largest absolute Gasteiger partial charge is 0.277 e. The van der Waals surface area contributed by atoms with Crippen LogP contribution in [-0.4, -0.2) is 40.0 Å². The average molecular weight is 252 g/mol. The van der Waals surface area contributed by atoms with Crippen LogP contribution in [0, 0.1) is 0 Å². The van der Waals surface area contributed by atoms with Crippen molar-refractivity contribution in [3.05, 3.63) is 11.8 Å². The average Bonchev–Trinajstić information content (AvgIpc) is 2.28. The highest BCUT2D eigenvalue weighted by molar-refractivity contribution is 6.15. The van der Waals surface area contributed by atoms with Crippen LogP contribution in [0.25, 0.3) is 0 Å². The number of carbonyl (C=O) groups excluding carboxylic acids is 4. The molecule has 0 saturated carbocycles. The monoisotopic (exact) mass is 252 g/mol. The van der Waals surface area contributed by atoms with Gasteiger partial charge in [0.25, 0.3) is 11.8 Å². The van der Waals surface area contributed by atoms with Crippen LogP contribution < -0.4 is 0 Å². The maximum atomic E-state index is 12.0. The van der Waals surface area contributed by atoms with Gasteiger partial charge < -0.3 is 0 Å². The molecule has 18 heavy (non-hydrogen) atoms. The zero-order chi connectivity index (χ0) is 13.9. The molecule has 0 aromatic heterocycles. The molecule has 1 aliphatic rings. The first-order valence-corrected chi connectivity index (χ1v) is 5.76. The predicted octanol–water partition coefficient (Wildman–Crippen LogP) is 0.434. The number of allylic oxidation sites excluding steroid dienone is 1. The minimum atomic E-state index is -0.592. The molecule has 0 spiro atoms. The minimum Gasteiger partial charge on any atom is -0.275 e. The van der Waals surface area contributed by atoms with Crippen molar-refractivity contribution in [1.29, 1.82) is 0 Å². The van der Waals surface area contributed by atoms with Gasteiger partial charge in [-0.2, -0.15) is 0 Å². The van der Waals surface area contributed by atoms with Crippen LogP contribution in [0.2, 0.25) is 0 Å². The number of hydrogen-bond donors (Lipinski definition) is 0.